The Hall–Kier alpha value is -2.64. The van der Waals surface area contributed by atoms with Crippen molar-refractivity contribution in [3.63, 3.8) is 0 Å². The number of pyridine rings is 1. The van der Waals surface area contributed by atoms with Gasteiger partial charge in [-0.2, -0.15) is 0 Å². The highest BCUT2D eigenvalue weighted by atomic mass is 16.5. The van der Waals surface area contributed by atoms with Gasteiger partial charge in [-0.25, -0.2) is 0 Å². The summed E-state index contributed by atoms with van der Waals surface area (Å²) in [6, 6.07) is 10.7. The molecule has 0 radical (unpaired) electrons. The van der Waals surface area contributed by atoms with Crippen molar-refractivity contribution >= 4 is 5.97 Å². The standard InChI is InChI=1S/C23H28N2O5/c1-4-10-24-20-17(18(13-26)21(24)23(28)30-3)12-25-19(20)9-8-16(22(25)27)14-6-5-7-15(11-14)29-2/h5-9,11,17-18,20-21,26H,4,10,12-13H2,1-3H3/t17-,18-,20+,21-/m1/s1. The van der Waals surface area contributed by atoms with Gasteiger partial charge in [-0.15, -0.1) is 0 Å². The molecule has 1 fully saturated rings. The molecule has 1 aromatic carbocycles. The van der Waals surface area contributed by atoms with E-state index in [2.05, 4.69) is 11.8 Å². The van der Waals surface area contributed by atoms with E-state index in [-0.39, 0.29) is 36.0 Å². The fourth-order valence-corrected chi connectivity index (χ4v) is 5.22. The lowest BCUT2D eigenvalue weighted by Crippen LogP contribution is -2.43. The molecule has 30 heavy (non-hydrogen) atoms. The van der Waals surface area contributed by atoms with Crippen LogP contribution in [0.3, 0.4) is 0 Å². The van der Waals surface area contributed by atoms with Crippen LogP contribution in [0, 0.1) is 11.8 Å². The maximum absolute atomic E-state index is 13.4. The van der Waals surface area contributed by atoms with Gasteiger partial charge in [-0.3, -0.25) is 14.5 Å². The lowest BCUT2D eigenvalue weighted by atomic mass is 9.88. The number of fused-ring (bicyclic) bond motifs is 3. The number of aliphatic hydroxyl groups excluding tert-OH is 1. The topological polar surface area (TPSA) is 81.0 Å². The minimum Gasteiger partial charge on any atom is -0.497 e. The molecular weight excluding hydrogens is 384 g/mol. The van der Waals surface area contributed by atoms with Crippen LogP contribution in [0.4, 0.5) is 0 Å². The number of nitrogens with zero attached hydrogens (tertiary/aromatic N) is 2. The van der Waals surface area contributed by atoms with E-state index in [1.54, 1.807) is 7.11 Å². The van der Waals surface area contributed by atoms with E-state index in [0.717, 1.165) is 17.7 Å². The summed E-state index contributed by atoms with van der Waals surface area (Å²) in [6.07, 6.45) is 0.862. The summed E-state index contributed by atoms with van der Waals surface area (Å²) in [6.45, 7) is 3.12. The first-order valence-electron chi connectivity index (χ1n) is 10.4. The summed E-state index contributed by atoms with van der Waals surface area (Å²) in [5.41, 5.74) is 2.26. The minimum absolute atomic E-state index is 0.0149. The zero-order valence-electron chi connectivity index (χ0n) is 17.6. The maximum atomic E-state index is 13.4. The fourth-order valence-electron chi connectivity index (χ4n) is 5.22. The monoisotopic (exact) mass is 412 g/mol. The number of aromatic nitrogens is 1. The molecule has 2 aliphatic heterocycles. The normalized spacial score (nSPS) is 25.1. The lowest BCUT2D eigenvalue weighted by Gasteiger charge is -2.29. The number of hydrogen-bond acceptors (Lipinski definition) is 6. The van der Waals surface area contributed by atoms with Crippen molar-refractivity contribution in [2.75, 3.05) is 27.4 Å². The number of methoxy groups -OCH3 is 2. The fraction of sp³-hybridized carbons (Fsp3) is 0.478. The molecule has 0 bridgehead atoms. The van der Waals surface area contributed by atoms with Crippen LogP contribution in [0.15, 0.2) is 41.2 Å². The Balaban J connectivity index is 1.78. The predicted molar refractivity (Wildman–Crippen MR) is 112 cm³/mol. The molecule has 2 aromatic rings. The third kappa shape index (κ3) is 3.13. The molecule has 1 saturated heterocycles. The van der Waals surface area contributed by atoms with Crippen molar-refractivity contribution in [1.82, 2.24) is 9.47 Å². The van der Waals surface area contributed by atoms with E-state index < -0.39 is 6.04 Å². The highest BCUT2D eigenvalue weighted by Gasteiger charge is 2.55. The third-order valence-corrected chi connectivity index (χ3v) is 6.50. The number of benzene rings is 1. The van der Waals surface area contributed by atoms with Crippen LogP contribution in [0.2, 0.25) is 0 Å². The molecule has 0 amide bonds. The summed E-state index contributed by atoms with van der Waals surface area (Å²) in [4.78, 5) is 28.0. The number of hydrogen-bond donors (Lipinski definition) is 1. The molecule has 1 N–H and O–H groups in total. The Morgan fingerprint density at radius 1 is 1.23 bits per heavy atom. The average molecular weight is 412 g/mol. The molecular formula is C23H28N2O5. The van der Waals surface area contributed by atoms with Gasteiger partial charge in [0.2, 0.25) is 0 Å². The van der Waals surface area contributed by atoms with Crippen LogP contribution >= 0.6 is 0 Å². The Morgan fingerprint density at radius 2 is 2.03 bits per heavy atom. The lowest BCUT2D eigenvalue weighted by molar-refractivity contribution is -0.148. The van der Waals surface area contributed by atoms with Gasteiger partial charge in [0.15, 0.2) is 0 Å². The number of esters is 1. The van der Waals surface area contributed by atoms with Crippen LogP contribution in [-0.2, 0) is 16.1 Å². The van der Waals surface area contributed by atoms with E-state index in [0.29, 0.717) is 24.4 Å². The predicted octanol–water partition coefficient (Wildman–Crippen LogP) is 2.07. The van der Waals surface area contributed by atoms with Gasteiger partial charge in [-0.05, 0) is 42.8 Å². The molecule has 0 unspecified atom stereocenters. The first-order chi connectivity index (χ1) is 14.5. The molecule has 0 aliphatic carbocycles. The molecule has 7 nitrogen and oxygen atoms in total. The van der Waals surface area contributed by atoms with Gasteiger partial charge in [0.1, 0.15) is 11.8 Å². The largest absolute Gasteiger partial charge is 0.497 e. The quantitative estimate of drug-likeness (QED) is 0.732. The Morgan fingerprint density at radius 3 is 2.70 bits per heavy atom. The van der Waals surface area contributed by atoms with Crippen molar-refractivity contribution in [2.24, 2.45) is 11.8 Å². The van der Waals surface area contributed by atoms with E-state index in [1.165, 1.54) is 7.11 Å². The Kier molecular flexibility index (Phi) is 5.66. The molecule has 4 rings (SSSR count). The number of aliphatic hydroxyl groups is 1. The van der Waals surface area contributed by atoms with Gasteiger partial charge in [0, 0.05) is 36.2 Å². The molecule has 0 spiro atoms. The highest BCUT2D eigenvalue weighted by Crippen LogP contribution is 2.49. The number of rotatable bonds is 6. The molecule has 4 atom stereocenters. The van der Waals surface area contributed by atoms with Crippen LogP contribution < -0.4 is 10.3 Å². The summed E-state index contributed by atoms with van der Waals surface area (Å²) < 4.78 is 12.2. The zero-order valence-corrected chi connectivity index (χ0v) is 17.6. The second-order valence-corrected chi connectivity index (χ2v) is 7.98. The molecule has 3 heterocycles. The van der Waals surface area contributed by atoms with Crippen LogP contribution in [-0.4, -0.2) is 54.0 Å². The van der Waals surface area contributed by atoms with Gasteiger partial charge in [-0.1, -0.05) is 19.1 Å². The van der Waals surface area contributed by atoms with E-state index >= 15 is 0 Å². The second-order valence-electron chi connectivity index (χ2n) is 7.98. The van der Waals surface area contributed by atoms with Crippen LogP contribution in [0.1, 0.15) is 25.1 Å². The first-order valence-corrected chi connectivity index (χ1v) is 10.4. The molecule has 1 aromatic heterocycles. The summed E-state index contributed by atoms with van der Waals surface area (Å²) >= 11 is 0. The molecule has 7 heteroatoms. The summed E-state index contributed by atoms with van der Waals surface area (Å²) in [5.74, 6) is 0.0935. The number of likely N-dealkylation sites (tertiary alicyclic amines) is 1. The molecule has 0 saturated carbocycles. The van der Waals surface area contributed by atoms with Gasteiger partial charge in [0.25, 0.3) is 5.56 Å². The van der Waals surface area contributed by atoms with Gasteiger partial charge >= 0.3 is 5.97 Å². The summed E-state index contributed by atoms with van der Waals surface area (Å²) in [5, 5.41) is 10.1. The van der Waals surface area contributed by atoms with E-state index in [1.807, 2.05) is 41.0 Å². The van der Waals surface area contributed by atoms with Crippen molar-refractivity contribution in [2.45, 2.75) is 32.0 Å². The van der Waals surface area contributed by atoms with Gasteiger partial charge in [0.05, 0.1) is 20.3 Å². The Labute approximate surface area is 175 Å². The molecule has 160 valence electrons. The zero-order chi connectivity index (χ0) is 21.4. The molecule has 2 aliphatic rings. The Bertz CT molecular complexity index is 1000. The average Bonchev–Trinajstić information content (AvgIpc) is 3.29. The maximum Gasteiger partial charge on any atom is 0.323 e. The van der Waals surface area contributed by atoms with E-state index in [4.69, 9.17) is 9.47 Å². The number of ether oxygens (including phenoxy) is 2. The SMILES string of the molecule is CCCN1[C@@H]2c3ccc(-c4cccc(OC)c4)c(=O)n3C[C@@H]2[C@@H](CO)[C@@H]1C(=O)OC. The number of carbonyl (C=O) groups excluding carboxylic acids is 1. The second kappa shape index (κ2) is 8.24. The van der Waals surface area contributed by atoms with Crippen molar-refractivity contribution in [1.29, 1.82) is 0 Å². The highest BCUT2D eigenvalue weighted by molar-refractivity contribution is 5.77. The third-order valence-electron chi connectivity index (χ3n) is 6.50. The van der Waals surface area contributed by atoms with E-state index in [9.17, 15) is 14.7 Å². The van der Waals surface area contributed by atoms with Crippen molar-refractivity contribution in [3.05, 3.63) is 52.4 Å². The summed E-state index contributed by atoms with van der Waals surface area (Å²) in [7, 11) is 2.98. The minimum atomic E-state index is -0.489. The van der Waals surface area contributed by atoms with Crippen LogP contribution in [0.25, 0.3) is 11.1 Å². The number of carbonyl (C=O) groups is 1. The van der Waals surface area contributed by atoms with Crippen molar-refractivity contribution < 1.29 is 19.4 Å². The first kappa shape index (κ1) is 20.6. The smallest absolute Gasteiger partial charge is 0.323 e. The van der Waals surface area contributed by atoms with Gasteiger partial charge < -0.3 is 19.1 Å². The van der Waals surface area contributed by atoms with Crippen molar-refractivity contribution in [3.8, 4) is 16.9 Å². The van der Waals surface area contributed by atoms with Crippen LogP contribution in [0.5, 0.6) is 5.75 Å².